The van der Waals surface area contributed by atoms with Crippen LogP contribution in [0, 0.1) is 0 Å². The lowest BCUT2D eigenvalue weighted by Gasteiger charge is -2.27. The van der Waals surface area contributed by atoms with Crippen LogP contribution in [0.25, 0.3) is 86.3 Å². The third-order valence-electron chi connectivity index (χ3n) is 10.9. The number of nitrogens with zero attached hydrogens (tertiary/aromatic N) is 1. The molecule has 11 aromatic rings. The maximum atomic E-state index is 6.86. The van der Waals surface area contributed by atoms with Crippen LogP contribution in [-0.4, -0.2) is 0 Å². The van der Waals surface area contributed by atoms with Gasteiger partial charge in [0.15, 0.2) is 0 Å². The average Bonchev–Trinajstić information content (AvgIpc) is 3.83. The summed E-state index contributed by atoms with van der Waals surface area (Å²) in [6.07, 6.45) is 0. The normalized spacial score (nSPS) is 11.6. The molecule has 0 amide bonds. The van der Waals surface area contributed by atoms with Gasteiger partial charge in [0.1, 0.15) is 11.2 Å². The fourth-order valence-electron chi connectivity index (χ4n) is 8.24. The van der Waals surface area contributed by atoms with Crippen molar-refractivity contribution in [1.29, 1.82) is 0 Å². The quantitative estimate of drug-likeness (QED) is 0.170. The van der Waals surface area contributed by atoms with Gasteiger partial charge in [-0.2, -0.15) is 0 Å². The van der Waals surface area contributed by atoms with E-state index in [-0.39, 0.29) is 0 Å². The van der Waals surface area contributed by atoms with E-state index in [0.717, 1.165) is 50.1 Å². The first-order chi connectivity index (χ1) is 27.3. The van der Waals surface area contributed by atoms with Gasteiger partial charge in [0.05, 0.1) is 11.1 Å². The van der Waals surface area contributed by atoms with E-state index < -0.39 is 0 Å². The van der Waals surface area contributed by atoms with Crippen molar-refractivity contribution < 1.29 is 4.42 Å². The van der Waals surface area contributed by atoms with Gasteiger partial charge in [-0.1, -0.05) is 146 Å². The Morgan fingerprint density at radius 3 is 1.78 bits per heavy atom. The Balaban J connectivity index is 1.12. The van der Waals surface area contributed by atoms with Crippen LogP contribution in [0.1, 0.15) is 0 Å². The molecule has 0 saturated heterocycles. The lowest BCUT2D eigenvalue weighted by atomic mass is 9.95. The highest BCUT2D eigenvalue weighted by Gasteiger charge is 2.23. The fourth-order valence-corrected chi connectivity index (χ4v) is 9.32. The van der Waals surface area contributed by atoms with E-state index in [9.17, 15) is 0 Å². The summed E-state index contributed by atoms with van der Waals surface area (Å²) in [4.78, 5) is 2.41. The summed E-state index contributed by atoms with van der Waals surface area (Å²) in [5, 5.41) is 7.15. The summed E-state index contributed by atoms with van der Waals surface area (Å²) >= 11 is 1.85. The predicted octanol–water partition coefficient (Wildman–Crippen LogP) is 15.6. The molecule has 0 spiro atoms. The molecule has 0 atom stereocenters. The molecular weight excluding hydrogens is 687 g/mol. The first kappa shape index (κ1) is 31.6. The highest BCUT2D eigenvalue weighted by molar-refractivity contribution is 7.25. The molecule has 0 fully saturated rings. The van der Waals surface area contributed by atoms with E-state index in [4.69, 9.17) is 4.42 Å². The lowest BCUT2D eigenvalue weighted by molar-refractivity contribution is 0.670. The number of thiophene rings is 1. The van der Waals surface area contributed by atoms with Crippen molar-refractivity contribution in [2.75, 3.05) is 4.90 Å². The van der Waals surface area contributed by atoms with Crippen LogP contribution in [0.15, 0.2) is 205 Å². The van der Waals surface area contributed by atoms with Crippen molar-refractivity contribution in [2.45, 2.75) is 0 Å². The van der Waals surface area contributed by atoms with Crippen LogP contribution in [0.4, 0.5) is 17.1 Å². The standard InChI is InChI=1S/C52H33NOS/c1-2-11-34(12-3-1)35-21-23-36(24-22-35)37-25-27-39(28-26-37)53(40-29-32-50-46(33-40)43-16-7-9-20-49(43)55-50)47-31-30-44(42-18-10-14-38-13-4-5-15-41(38)42)52-51(47)45-17-6-8-19-48(45)54-52/h1-33H. The molecule has 2 heterocycles. The van der Waals surface area contributed by atoms with Crippen molar-refractivity contribution in [1.82, 2.24) is 0 Å². The second kappa shape index (κ2) is 12.9. The minimum atomic E-state index is 0.875. The van der Waals surface area contributed by atoms with Crippen LogP contribution in [0.3, 0.4) is 0 Å². The molecule has 3 heteroatoms. The summed E-state index contributed by atoms with van der Waals surface area (Å²) in [6.45, 7) is 0. The number of fused-ring (bicyclic) bond motifs is 7. The molecule has 55 heavy (non-hydrogen) atoms. The van der Waals surface area contributed by atoms with Gasteiger partial charge in [0, 0.05) is 42.5 Å². The van der Waals surface area contributed by atoms with Gasteiger partial charge < -0.3 is 9.32 Å². The number of hydrogen-bond donors (Lipinski definition) is 0. The van der Waals surface area contributed by atoms with E-state index in [2.05, 4.69) is 205 Å². The van der Waals surface area contributed by atoms with Crippen molar-refractivity contribution in [3.8, 4) is 33.4 Å². The topological polar surface area (TPSA) is 16.4 Å². The van der Waals surface area contributed by atoms with E-state index in [1.165, 1.54) is 53.2 Å². The largest absolute Gasteiger partial charge is 0.455 e. The van der Waals surface area contributed by atoms with Gasteiger partial charge >= 0.3 is 0 Å². The monoisotopic (exact) mass is 719 g/mol. The molecule has 2 nitrogen and oxygen atoms in total. The molecule has 11 rings (SSSR count). The molecule has 9 aromatic carbocycles. The Morgan fingerprint density at radius 1 is 0.382 bits per heavy atom. The number of furan rings is 1. The van der Waals surface area contributed by atoms with Crippen molar-refractivity contribution >= 4 is 81.3 Å². The minimum Gasteiger partial charge on any atom is -0.455 e. The molecule has 0 radical (unpaired) electrons. The Kier molecular flexibility index (Phi) is 7.39. The Hall–Kier alpha value is -6.94. The number of para-hydroxylation sites is 1. The van der Waals surface area contributed by atoms with E-state index in [1.807, 2.05) is 11.3 Å². The molecule has 0 saturated carbocycles. The second-order valence-electron chi connectivity index (χ2n) is 14.1. The molecule has 0 bridgehead atoms. The molecule has 0 aliphatic rings. The highest BCUT2D eigenvalue weighted by Crippen LogP contribution is 2.48. The van der Waals surface area contributed by atoms with Gasteiger partial charge in [0.25, 0.3) is 0 Å². The SMILES string of the molecule is c1ccc(-c2ccc(-c3ccc(N(c4ccc5sc6ccccc6c5c4)c4ccc(-c5cccc6ccccc56)c5oc6ccccc6c45)cc3)cc2)cc1. The minimum absolute atomic E-state index is 0.875. The Labute approximate surface area is 322 Å². The Morgan fingerprint density at radius 2 is 0.982 bits per heavy atom. The highest BCUT2D eigenvalue weighted by atomic mass is 32.1. The maximum absolute atomic E-state index is 6.86. The molecule has 2 aromatic heterocycles. The molecule has 0 aliphatic carbocycles. The zero-order chi connectivity index (χ0) is 36.3. The van der Waals surface area contributed by atoms with Gasteiger partial charge in [0.2, 0.25) is 0 Å². The second-order valence-corrected chi connectivity index (χ2v) is 15.1. The van der Waals surface area contributed by atoms with E-state index in [0.29, 0.717) is 0 Å². The van der Waals surface area contributed by atoms with Gasteiger partial charge in [-0.25, -0.2) is 0 Å². The van der Waals surface area contributed by atoms with Crippen molar-refractivity contribution in [3.05, 3.63) is 200 Å². The Bertz CT molecular complexity index is 3190. The molecule has 258 valence electrons. The summed E-state index contributed by atoms with van der Waals surface area (Å²) in [5.41, 5.74) is 12.1. The first-order valence-electron chi connectivity index (χ1n) is 18.7. The van der Waals surface area contributed by atoms with Crippen LogP contribution in [0.2, 0.25) is 0 Å². The predicted molar refractivity (Wildman–Crippen MR) is 235 cm³/mol. The first-order valence-corrected chi connectivity index (χ1v) is 19.5. The zero-order valence-corrected chi connectivity index (χ0v) is 30.6. The van der Waals surface area contributed by atoms with Crippen LogP contribution in [0.5, 0.6) is 0 Å². The average molecular weight is 720 g/mol. The summed E-state index contributed by atoms with van der Waals surface area (Å²) in [6, 6.07) is 72.1. The molecule has 0 unspecified atom stereocenters. The van der Waals surface area contributed by atoms with Gasteiger partial charge in [-0.15, -0.1) is 11.3 Å². The van der Waals surface area contributed by atoms with E-state index in [1.54, 1.807) is 0 Å². The third kappa shape index (κ3) is 5.32. The van der Waals surface area contributed by atoms with Gasteiger partial charge in [-0.3, -0.25) is 0 Å². The van der Waals surface area contributed by atoms with Crippen LogP contribution in [-0.2, 0) is 0 Å². The summed E-state index contributed by atoms with van der Waals surface area (Å²) in [7, 11) is 0. The van der Waals surface area contributed by atoms with Crippen LogP contribution >= 0.6 is 11.3 Å². The van der Waals surface area contributed by atoms with Crippen LogP contribution < -0.4 is 4.90 Å². The summed E-state index contributed by atoms with van der Waals surface area (Å²) in [5.74, 6) is 0. The molecule has 0 N–H and O–H groups in total. The third-order valence-corrected chi connectivity index (χ3v) is 12.0. The number of rotatable bonds is 6. The zero-order valence-electron chi connectivity index (χ0n) is 29.8. The number of anilines is 3. The maximum Gasteiger partial charge on any atom is 0.145 e. The van der Waals surface area contributed by atoms with E-state index >= 15 is 0 Å². The molecular formula is C52H33NOS. The van der Waals surface area contributed by atoms with Crippen molar-refractivity contribution in [3.63, 3.8) is 0 Å². The lowest BCUT2D eigenvalue weighted by Crippen LogP contribution is -2.10. The smallest absolute Gasteiger partial charge is 0.145 e. The number of benzene rings is 9. The number of hydrogen-bond acceptors (Lipinski definition) is 3. The van der Waals surface area contributed by atoms with Gasteiger partial charge in [-0.05, 0) is 93.2 Å². The van der Waals surface area contributed by atoms with Crippen molar-refractivity contribution in [2.24, 2.45) is 0 Å². The fraction of sp³-hybridized carbons (Fsp3) is 0. The molecule has 0 aliphatic heterocycles. The summed E-state index contributed by atoms with van der Waals surface area (Å²) < 4.78 is 9.44.